The molecule has 0 amide bonds. The molecule has 0 aliphatic carbocycles. The van der Waals surface area contributed by atoms with E-state index in [1.54, 1.807) is 0 Å². The van der Waals surface area contributed by atoms with Crippen LogP contribution in [0.1, 0.15) is 19.4 Å². The van der Waals surface area contributed by atoms with Gasteiger partial charge >= 0.3 is 0 Å². The van der Waals surface area contributed by atoms with Crippen molar-refractivity contribution in [2.24, 2.45) is 5.73 Å². The number of benzene rings is 1. The van der Waals surface area contributed by atoms with E-state index < -0.39 is 0 Å². The third-order valence-corrected chi connectivity index (χ3v) is 2.41. The Hall–Kier alpha value is -0.540. The van der Waals surface area contributed by atoms with Gasteiger partial charge in [0.05, 0.1) is 10.6 Å². The third-order valence-electron chi connectivity index (χ3n) is 1.79. The summed E-state index contributed by atoms with van der Waals surface area (Å²) in [6.45, 7) is 4.71. The van der Waals surface area contributed by atoms with Gasteiger partial charge in [-0.1, -0.05) is 6.07 Å². The largest absolute Gasteiger partial charge is 0.490 e. The van der Waals surface area contributed by atoms with Crippen LogP contribution in [0.2, 0.25) is 0 Å². The highest BCUT2D eigenvalue weighted by molar-refractivity contribution is 9.10. The van der Waals surface area contributed by atoms with E-state index in [-0.39, 0.29) is 6.10 Å². The van der Waals surface area contributed by atoms with E-state index in [1.807, 2.05) is 19.9 Å². The molecule has 14 heavy (non-hydrogen) atoms. The minimum atomic E-state index is 0.201. The van der Waals surface area contributed by atoms with Crippen LogP contribution in [0.3, 0.4) is 0 Å². The summed E-state index contributed by atoms with van der Waals surface area (Å²) in [5, 5.41) is 0. The molecule has 78 valence electrons. The Morgan fingerprint density at radius 1 is 1.43 bits per heavy atom. The van der Waals surface area contributed by atoms with E-state index in [0.717, 1.165) is 16.6 Å². The van der Waals surface area contributed by atoms with Crippen LogP contribution in [0.25, 0.3) is 0 Å². The summed E-state index contributed by atoms with van der Waals surface area (Å²) in [5.41, 5.74) is 6.71. The second-order valence-electron chi connectivity index (χ2n) is 3.47. The first-order valence-corrected chi connectivity index (χ1v) is 5.58. The molecule has 2 nitrogen and oxygen atoms in total. The molecule has 0 heterocycles. The van der Waals surface area contributed by atoms with Gasteiger partial charge in [0.1, 0.15) is 5.75 Å². The molecule has 0 aromatic heterocycles. The van der Waals surface area contributed by atoms with Gasteiger partial charge in [-0.15, -0.1) is 0 Å². The van der Waals surface area contributed by atoms with Gasteiger partial charge in [0.25, 0.3) is 0 Å². The Labute approximate surface area is 93.6 Å². The molecule has 0 bridgehead atoms. The van der Waals surface area contributed by atoms with Gasteiger partial charge in [0.15, 0.2) is 0 Å². The Balaban J connectivity index is 2.79. The molecule has 0 spiro atoms. The Bertz CT molecular complexity index is 299. The SMILES string of the molecule is CC(C)Oc1ccc(CCN)cc1Br. The van der Waals surface area contributed by atoms with E-state index in [0.29, 0.717) is 6.54 Å². The number of halogens is 1. The van der Waals surface area contributed by atoms with Crippen LogP contribution < -0.4 is 10.5 Å². The van der Waals surface area contributed by atoms with E-state index in [1.165, 1.54) is 5.56 Å². The van der Waals surface area contributed by atoms with Gasteiger partial charge in [-0.05, 0) is 60.4 Å². The summed E-state index contributed by atoms with van der Waals surface area (Å²) >= 11 is 3.48. The van der Waals surface area contributed by atoms with Gasteiger partial charge in [0.2, 0.25) is 0 Å². The molecule has 0 aliphatic rings. The van der Waals surface area contributed by atoms with Gasteiger partial charge in [0, 0.05) is 0 Å². The van der Waals surface area contributed by atoms with Crippen molar-refractivity contribution >= 4 is 15.9 Å². The predicted octanol–water partition coefficient (Wildman–Crippen LogP) is 2.74. The highest BCUT2D eigenvalue weighted by Crippen LogP contribution is 2.26. The van der Waals surface area contributed by atoms with Crippen LogP contribution in [0, 0.1) is 0 Å². The molecule has 0 atom stereocenters. The zero-order valence-electron chi connectivity index (χ0n) is 8.59. The van der Waals surface area contributed by atoms with Crippen molar-refractivity contribution in [1.82, 2.24) is 0 Å². The van der Waals surface area contributed by atoms with Crippen LogP contribution in [-0.2, 0) is 6.42 Å². The number of ether oxygens (including phenoxy) is 1. The number of rotatable bonds is 4. The van der Waals surface area contributed by atoms with Gasteiger partial charge in [-0.25, -0.2) is 0 Å². The van der Waals surface area contributed by atoms with Crippen LogP contribution in [0.4, 0.5) is 0 Å². The lowest BCUT2D eigenvalue weighted by Gasteiger charge is -2.12. The zero-order chi connectivity index (χ0) is 10.6. The third kappa shape index (κ3) is 3.31. The quantitative estimate of drug-likeness (QED) is 0.901. The van der Waals surface area contributed by atoms with Crippen molar-refractivity contribution in [2.75, 3.05) is 6.54 Å². The summed E-state index contributed by atoms with van der Waals surface area (Å²) in [6.07, 6.45) is 1.10. The molecule has 0 radical (unpaired) electrons. The van der Waals surface area contributed by atoms with Crippen molar-refractivity contribution in [3.05, 3.63) is 28.2 Å². The number of nitrogens with two attached hydrogens (primary N) is 1. The fraction of sp³-hybridized carbons (Fsp3) is 0.455. The summed E-state index contributed by atoms with van der Waals surface area (Å²) < 4.78 is 6.60. The lowest BCUT2D eigenvalue weighted by atomic mass is 10.1. The summed E-state index contributed by atoms with van der Waals surface area (Å²) in [6, 6.07) is 6.09. The molecule has 2 N–H and O–H groups in total. The van der Waals surface area contributed by atoms with Gasteiger partial charge < -0.3 is 10.5 Å². The molecule has 1 rings (SSSR count). The molecule has 0 unspecified atom stereocenters. The van der Waals surface area contributed by atoms with Crippen LogP contribution in [0.5, 0.6) is 5.75 Å². The predicted molar refractivity (Wildman–Crippen MR) is 62.7 cm³/mol. The average molecular weight is 258 g/mol. The second-order valence-corrected chi connectivity index (χ2v) is 4.32. The molecule has 0 aliphatic heterocycles. The Morgan fingerprint density at radius 2 is 2.14 bits per heavy atom. The van der Waals surface area contributed by atoms with Crippen molar-refractivity contribution in [3.63, 3.8) is 0 Å². The first-order valence-electron chi connectivity index (χ1n) is 4.78. The first-order chi connectivity index (χ1) is 6.63. The topological polar surface area (TPSA) is 35.2 Å². The summed E-state index contributed by atoms with van der Waals surface area (Å²) in [4.78, 5) is 0. The molecule has 1 aromatic carbocycles. The standard InChI is InChI=1S/C11H16BrNO/c1-8(2)14-11-4-3-9(5-6-13)7-10(11)12/h3-4,7-8H,5-6,13H2,1-2H3. The van der Waals surface area contributed by atoms with Gasteiger partial charge in [-0.2, -0.15) is 0 Å². The molecule has 0 saturated heterocycles. The fourth-order valence-electron chi connectivity index (χ4n) is 1.22. The molecule has 0 saturated carbocycles. The molecule has 1 aromatic rings. The average Bonchev–Trinajstić information content (AvgIpc) is 2.10. The molecule has 3 heteroatoms. The smallest absolute Gasteiger partial charge is 0.133 e. The minimum Gasteiger partial charge on any atom is -0.490 e. The maximum absolute atomic E-state index is 5.60. The van der Waals surface area contributed by atoms with Crippen LogP contribution >= 0.6 is 15.9 Å². The van der Waals surface area contributed by atoms with E-state index in [2.05, 4.69) is 28.1 Å². The van der Waals surface area contributed by atoms with E-state index >= 15 is 0 Å². The highest BCUT2D eigenvalue weighted by Gasteiger charge is 2.03. The fourth-order valence-corrected chi connectivity index (χ4v) is 1.74. The van der Waals surface area contributed by atoms with Crippen LogP contribution in [-0.4, -0.2) is 12.6 Å². The van der Waals surface area contributed by atoms with Crippen molar-refractivity contribution in [2.45, 2.75) is 26.4 Å². The lowest BCUT2D eigenvalue weighted by Crippen LogP contribution is -2.07. The zero-order valence-corrected chi connectivity index (χ0v) is 10.2. The van der Waals surface area contributed by atoms with Crippen molar-refractivity contribution < 1.29 is 4.74 Å². The minimum absolute atomic E-state index is 0.201. The highest BCUT2D eigenvalue weighted by atomic mass is 79.9. The molecular formula is C11H16BrNO. The van der Waals surface area contributed by atoms with Gasteiger partial charge in [-0.3, -0.25) is 0 Å². The second kappa shape index (κ2) is 5.37. The van der Waals surface area contributed by atoms with Crippen molar-refractivity contribution in [1.29, 1.82) is 0 Å². The first kappa shape index (κ1) is 11.5. The maximum atomic E-state index is 5.60. The van der Waals surface area contributed by atoms with E-state index in [4.69, 9.17) is 10.5 Å². The Kier molecular flexibility index (Phi) is 4.42. The normalized spacial score (nSPS) is 10.6. The molecular weight excluding hydrogens is 242 g/mol. The van der Waals surface area contributed by atoms with E-state index in [9.17, 15) is 0 Å². The number of hydrogen-bond acceptors (Lipinski definition) is 2. The number of hydrogen-bond donors (Lipinski definition) is 1. The monoisotopic (exact) mass is 257 g/mol. The Morgan fingerprint density at radius 3 is 2.64 bits per heavy atom. The lowest BCUT2D eigenvalue weighted by molar-refractivity contribution is 0.241. The summed E-state index contributed by atoms with van der Waals surface area (Å²) in [5.74, 6) is 0.890. The van der Waals surface area contributed by atoms with Crippen LogP contribution in [0.15, 0.2) is 22.7 Å². The van der Waals surface area contributed by atoms with Crippen molar-refractivity contribution in [3.8, 4) is 5.75 Å². The molecule has 0 fully saturated rings. The summed E-state index contributed by atoms with van der Waals surface area (Å²) in [7, 11) is 0. The maximum Gasteiger partial charge on any atom is 0.133 e.